The van der Waals surface area contributed by atoms with E-state index in [0.29, 0.717) is 17.9 Å². The number of hydrogen-bond acceptors (Lipinski definition) is 4. The molecule has 0 spiro atoms. The average Bonchev–Trinajstić information content (AvgIpc) is 3.05. The Morgan fingerprint density at radius 1 is 1.29 bits per heavy atom. The molecule has 5 nitrogen and oxygen atoms in total. The van der Waals surface area contributed by atoms with Crippen molar-refractivity contribution in [1.29, 1.82) is 0 Å². The van der Waals surface area contributed by atoms with Gasteiger partial charge in [0, 0.05) is 6.26 Å². The van der Waals surface area contributed by atoms with Crippen molar-refractivity contribution in [2.24, 2.45) is 0 Å². The molecule has 1 aromatic carbocycles. The summed E-state index contributed by atoms with van der Waals surface area (Å²) in [5.41, 5.74) is 1.17. The first-order valence-corrected chi connectivity index (χ1v) is 8.70. The van der Waals surface area contributed by atoms with Crippen LogP contribution in [-0.4, -0.2) is 24.2 Å². The molecule has 2 heterocycles. The van der Waals surface area contributed by atoms with Crippen LogP contribution in [0.1, 0.15) is 11.6 Å². The van der Waals surface area contributed by atoms with Gasteiger partial charge in [0.2, 0.25) is 0 Å². The third kappa shape index (κ3) is 2.56. The van der Waals surface area contributed by atoms with Crippen LogP contribution < -0.4 is 0 Å². The van der Waals surface area contributed by atoms with Gasteiger partial charge in [0.25, 0.3) is 0 Å². The number of rotatable bonds is 4. The molecule has 0 unspecified atom stereocenters. The highest BCUT2D eigenvalue weighted by molar-refractivity contribution is 7.91. The molecule has 3 aromatic rings. The predicted octanol–water partition coefficient (Wildman–Crippen LogP) is 2.82. The molecule has 0 aliphatic rings. The maximum absolute atomic E-state index is 11.9. The zero-order valence-electron chi connectivity index (χ0n) is 11.3. The molecule has 2 aromatic heterocycles. The minimum absolute atomic E-state index is 0.193. The van der Waals surface area contributed by atoms with Crippen LogP contribution >= 0.6 is 11.6 Å². The van der Waals surface area contributed by atoms with Crippen LogP contribution in [0.3, 0.4) is 0 Å². The van der Waals surface area contributed by atoms with E-state index in [0.717, 1.165) is 11.3 Å². The van der Waals surface area contributed by atoms with E-state index in [1.807, 2.05) is 16.7 Å². The molecule has 0 saturated carbocycles. The molecule has 3 rings (SSSR count). The van der Waals surface area contributed by atoms with Gasteiger partial charge in [-0.25, -0.2) is 13.4 Å². The summed E-state index contributed by atoms with van der Waals surface area (Å²) in [6, 6.07) is 8.74. The van der Waals surface area contributed by atoms with E-state index >= 15 is 0 Å². The van der Waals surface area contributed by atoms with Gasteiger partial charge in [-0.05, 0) is 24.3 Å². The lowest BCUT2D eigenvalue weighted by molar-refractivity contribution is 0.493. The fourth-order valence-corrected chi connectivity index (χ4v) is 3.34. The summed E-state index contributed by atoms with van der Waals surface area (Å²) in [6.45, 7) is 0.457. The number of nitrogens with zero attached hydrogens (tertiary/aromatic N) is 2. The van der Waals surface area contributed by atoms with Crippen molar-refractivity contribution >= 4 is 32.5 Å². The molecule has 0 radical (unpaired) electrons. The van der Waals surface area contributed by atoms with E-state index in [1.165, 1.54) is 6.26 Å². The Balaban J connectivity index is 2.24. The van der Waals surface area contributed by atoms with E-state index < -0.39 is 9.84 Å². The maximum atomic E-state index is 11.9. The van der Waals surface area contributed by atoms with Crippen molar-refractivity contribution in [3.63, 3.8) is 0 Å². The summed E-state index contributed by atoms with van der Waals surface area (Å²) >= 11 is 5.95. The third-order valence-electron chi connectivity index (χ3n) is 3.23. The number of hydrogen-bond donors (Lipinski definition) is 0. The molecule has 0 N–H and O–H groups in total. The Kier molecular flexibility index (Phi) is 3.51. The summed E-state index contributed by atoms with van der Waals surface area (Å²) in [7, 11) is -3.35. The number of alkyl halides is 1. The van der Waals surface area contributed by atoms with Gasteiger partial charge in [-0.1, -0.05) is 6.07 Å². The van der Waals surface area contributed by atoms with Crippen LogP contribution in [0.25, 0.3) is 11.0 Å². The second-order valence-corrected chi connectivity index (χ2v) is 6.97. The van der Waals surface area contributed by atoms with E-state index in [-0.39, 0.29) is 10.8 Å². The third-order valence-corrected chi connectivity index (χ3v) is 4.60. The van der Waals surface area contributed by atoms with E-state index in [4.69, 9.17) is 16.0 Å². The number of sulfone groups is 1. The monoisotopic (exact) mass is 324 g/mol. The highest BCUT2D eigenvalue weighted by Gasteiger charge is 2.18. The fraction of sp³-hybridized carbons (Fsp3) is 0.214. The highest BCUT2D eigenvalue weighted by Crippen LogP contribution is 2.25. The normalized spacial score (nSPS) is 12.1. The first-order valence-electron chi connectivity index (χ1n) is 6.27. The van der Waals surface area contributed by atoms with Crippen molar-refractivity contribution < 1.29 is 12.8 Å². The van der Waals surface area contributed by atoms with Crippen LogP contribution in [0, 0.1) is 0 Å². The van der Waals surface area contributed by atoms with E-state index in [1.54, 1.807) is 24.5 Å². The van der Waals surface area contributed by atoms with Crippen LogP contribution in [0.2, 0.25) is 0 Å². The average molecular weight is 325 g/mol. The van der Waals surface area contributed by atoms with Crippen LogP contribution in [0.5, 0.6) is 0 Å². The molecule has 0 bridgehead atoms. The largest absolute Gasteiger partial charge is 0.467 e. The minimum Gasteiger partial charge on any atom is -0.467 e. The number of aromatic nitrogens is 2. The molecular formula is C14H13ClN2O3S. The van der Waals surface area contributed by atoms with Crippen LogP contribution in [-0.2, 0) is 22.3 Å². The Labute approximate surface area is 127 Å². The lowest BCUT2D eigenvalue weighted by Crippen LogP contribution is -2.03. The van der Waals surface area contributed by atoms with E-state index in [2.05, 4.69) is 4.98 Å². The molecule has 7 heteroatoms. The summed E-state index contributed by atoms with van der Waals surface area (Å²) < 4.78 is 31.0. The van der Waals surface area contributed by atoms with Gasteiger partial charge in [-0.15, -0.1) is 11.6 Å². The van der Waals surface area contributed by atoms with Gasteiger partial charge in [-0.3, -0.25) is 0 Å². The van der Waals surface area contributed by atoms with Gasteiger partial charge in [0.1, 0.15) is 17.1 Å². The quantitative estimate of drug-likeness (QED) is 0.692. The highest BCUT2D eigenvalue weighted by atomic mass is 35.5. The van der Waals surface area contributed by atoms with E-state index in [9.17, 15) is 8.42 Å². The Morgan fingerprint density at radius 2 is 2.10 bits per heavy atom. The standard InChI is InChI=1S/C14H13ClN2O3S/c1-21(18,19)12-6-2-5-11-14(12)16-13(8-15)17(11)9-10-4-3-7-20-10/h2-7H,8-9H2,1H3. The Morgan fingerprint density at radius 3 is 2.71 bits per heavy atom. The van der Waals surface area contributed by atoms with Gasteiger partial charge in [0.15, 0.2) is 9.84 Å². The molecule has 0 amide bonds. The van der Waals surface area contributed by atoms with Gasteiger partial charge < -0.3 is 8.98 Å². The Hall–Kier alpha value is -1.79. The Bertz CT molecular complexity index is 882. The number of imidazole rings is 1. The number of halogens is 1. The van der Waals surface area contributed by atoms with Crippen molar-refractivity contribution in [3.8, 4) is 0 Å². The number of benzene rings is 1. The molecular weight excluding hydrogens is 312 g/mol. The summed E-state index contributed by atoms with van der Waals surface area (Å²) in [6.07, 6.45) is 2.77. The van der Waals surface area contributed by atoms with Crippen molar-refractivity contribution in [2.75, 3.05) is 6.26 Å². The first kappa shape index (κ1) is 14.2. The summed E-state index contributed by atoms with van der Waals surface area (Å²) in [5.74, 6) is 1.56. The lowest BCUT2D eigenvalue weighted by Gasteiger charge is -2.05. The molecule has 0 saturated heterocycles. The van der Waals surface area contributed by atoms with Crippen LogP contribution in [0.15, 0.2) is 45.9 Å². The van der Waals surface area contributed by atoms with Gasteiger partial charge >= 0.3 is 0 Å². The molecule has 0 aliphatic carbocycles. The number of fused-ring (bicyclic) bond motifs is 1. The first-order chi connectivity index (χ1) is 10.0. The molecule has 110 valence electrons. The number of furan rings is 1. The zero-order valence-corrected chi connectivity index (χ0v) is 12.9. The number of para-hydroxylation sites is 1. The minimum atomic E-state index is -3.35. The smallest absolute Gasteiger partial charge is 0.177 e. The van der Waals surface area contributed by atoms with Gasteiger partial charge in [0.05, 0.1) is 29.1 Å². The summed E-state index contributed by atoms with van der Waals surface area (Å²) in [4.78, 5) is 4.60. The second-order valence-electron chi connectivity index (χ2n) is 4.72. The maximum Gasteiger partial charge on any atom is 0.177 e. The SMILES string of the molecule is CS(=O)(=O)c1cccc2c1nc(CCl)n2Cc1ccco1. The second kappa shape index (κ2) is 5.20. The molecule has 0 aliphatic heterocycles. The fourth-order valence-electron chi connectivity index (χ4n) is 2.31. The summed E-state index contributed by atoms with van der Waals surface area (Å²) in [5, 5.41) is 0. The van der Waals surface area contributed by atoms with Gasteiger partial charge in [-0.2, -0.15) is 0 Å². The van der Waals surface area contributed by atoms with Crippen molar-refractivity contribution in [3.05, 3.63) is 48.2 Å². The molecule has 0 fully saturated rings. The topological polar surface area (TPSA) is 65.1 Å². The van der Waals surface area contributed by atoms with Crippen LogP contribution in [0.4, 0.5) is 0 Å². The predicted molar refractivity (Wildman–Crippen MR) is 80.2 cm³/mol. The lowest BCUT2D eigenvalue weighted by atomic mass is 10.3. The molecule has 0 atom stereocenters. The van der Waals surface area contributed by atoms with Crippen molar-refractivity contribution in [1.82, 2.24) is 9.55 Å². The van der Waals surface area contributed by atoms with Crippen molar-refractivity contribution in [2.45, 2.75) is 17.3 Å². The zero-order chi connectivity index (χ0) is 15.0. The molecule has 21 heavy (non-hydrogen) atoms.